The van der Waals surface area contributed by atoms with Crippen LogP contribution >= 0.6 is 0 Å². The van der Waals surface area contributed by atoms with Crippen molar-refractivity contribution in [2.75, 3.05) is 25.0 Å². The van der Waals surface area contributed by atoms with Crippen molar-refractivity contribution >= 4 is 5.82 Å². The molecule has 0 aromatic carbocycles. The maximum atomic E-state index is 4.55. The monoisotopic (exact) mass is 338 g/mol. The third-order valence-electron chi connectivity index (χ3n) is 5.19. The second-order valence-corrected chi connectivity index (χ2v) is 6.96. The van der Waals surface area contributed by atoms with E-state index in [1.165, 1.54) is 48.2 Å². The maximum Gasteiger partial charge on any atom is 0.133 e. The van der Waals surface area contributed by atoms with Crippen LogP contribution in [0.25, 0.3) is 0 Å². The summed E-state index contributed by atoms with van der Waals surface area (Å²) in [5.74, 6) is 1.03. The predicted molar refractivity (Wildman–Crippen MR) is 98.3 cm³/mol. The van der Waals surface area contributed by atoms with E-state index >= 15 is 0 Å². The van der Waals surface area contributed by atoms with Gasteiger partial charge in [-0.05, 0) is 32.1 Å². The topological polar surface area (TPSA) is 69.7 Å². The fourth-order valence-electron chi connectivity index (χ4n) is 3.76. The minimum atomic E-state index is 0.914. The molecule has 0 saturated carbocycles. The highest BCUT2D eigenvalue weighted by Crippen LogP contribution is 2.23. The van der Waals surface area contributed by atoms with Crippen LogP contribution in [-0.4, -0.2) is 44.5 Å². The van der Waals surface area contributed by atoms with Gasteiger partial charge in [0.1, 0.15) is 12.1 Å². The summed E-state index contributed by atoms with van der Waals surface area (Å²) in [6.07, 6.45) is 14.8. The van der Waals surface area contributed by atoms with Gasteiger partial charge in [0.05, 0.1) is 12.0 Å². The fourth-order valence-corrected chi connectivity index (χ4v) is 3.76. The van der Waals surface area contributed by atoms with Gasteiger partial charge < -0.3 is 10.3 Å². The lowest BCUT2D eigenvalue weighted by Gasteiger charge is -2.18. The van der Waals surface area contributed by atoms with Gasteiger partial charge in [0.2, 0.25) is 0 Å². The Morgan fingerprint density at radius 3 is 2.92 bits per heavy atom. The molecule has 6 nitrogen and oxygen atoms in total. The molecular formula is C19H26N6. The van der Waals surface area contributed by atoms with E-state index in [1.807, 2.05) is 6.20 Å². The van der Waals surface area contributed by atoms with Crippen molar-refractivity contribution in [2.24, 2.45) is 0 Å². The summed E-state index contributed by atoms with van der Waals surface area (Å²) >= 11 is 0. The van der Waals surface area contributed by atoms with Crippen LogP contribution in [-0.2, 0) is 19.4 Å². The van der Waals surface area contributed by atoms with E-state index in [-0.39, 0.29) is 0 Å². The molecule has 0 radical (unpaired) electrons. The molecule has 0 saturated heterocycles. The summed E-state index contributed by atoms with van der Waals surface area (Å²) in [5, 5.41) is 3.58. The van der Waals surface area contributed by atoms with Gasteiger partial charge in [-0.2, -0.15) is 0 Å². The number of rotatable bonds is 5. The molecule has 2 aromatic rings. The maximum absolute atomic E-state index is 4.55. The molecule has 2 aromatic heterocycles. The van der Waals surface area contributed by atoms with Crippen LogP contribution in [0.1, 0.15) is 42.6 Å². The van der Waals surface area contributed by atoms with E-state index in [0.717, 1.165) is 44.8 Å². The quantitative estimate of drug-likeness (QED) is 0.821. The summed E-state index contributed by atoms with van der Waals surface area (Å²) in [4.78, 5) is 18.9. The number of imidazole rings is 1. The van der Waals surface area contributed by atoms with Gasteiger partial charge in [-0.15, -0.1) is 0 Å². The Balaban J connectivity index is 1.42. The second kappa shape index (κ2) is 7.78. The minimum absolute atomic E-state index is 0.914. The number of H-pyrrole nitrogens is 1. The van der Waals surface area contributed by atoms with Gasteiger partial charge in [-0.25, -0.2) is 15.0 Å². The molecule has 2 N–H and O–H groups in total. The molecule has 1 aliphatic heterocycles. The first-order valence-electron chi connectivity index (χ1n) is 9.32. The smallest absolute Gasteiger partial charge is 0.133 e. The number of fused-ring (bicyclic) bond motifs is 1. The Morgan fingerprint density at radius 2 is 2.08 bits per heavy atom. The summed E-state index contributed by atoms with van der Waals surface area (Å²) < 4.78 is 0. The van der Waals surface area contributed by atoms with Crippen LogP contribution in [0.4, 0.5) is 5.82 Å². The third-order valence-corrected chi connectivity index (χ3v) is 5.19. The molecule has 0 atom stereocenters. The van der Waals surface area contributed by atoms with Crippen molar-refractivity contribution in [1.82, 2.24) is 24.8 Å². The fraction of sp³-hybridized carbons (Fsp3) is 0.526. The number of nitrogens with one attached hydrogen (secondary N) is 2. The molecule has 0 unspecified atom stereocenters. The van der Waals surface area contributed by atoms with Gasteiger partial charge in [0.25, 0.3) is 0 Å². The van der Waals surface area contributed by atoms with Crippen molar-refractivity contribution in [3.8, 4) is 0 Å². The van der Waals surface area contributed by atoms with Crippen molar-refractivity contribution in [3.05, 3.63) is 47.5 Å². The molecule has 0 bridgehead atoms. The molecule has 3 heterocycles. The summed E-state index contributed by atoms with van der Waals surface area (Å²) in [6.45, 7) is 3.88. The first kappa shape index (κ1) is 16.3. The highest BCUT2D eigenvalue weighted by atomic mass is 15.1. The Bertz CT molecular complexity index is 722. The zero-order valence-corrected chi connectivity index (χ0v) is 14.7. The van der Waals surface area contributed by atoms with E-state index in [2.05, 4.69) is 36.2 Å². The molecule has 2 aliphatic rings. The number of anilines is 1. The minimum Gasteiger partial charge on any atom is -0.366 e. The molecule has 4 rings (SSSR count). The normalized spacial score (nSPS) is 18.3. The van der Waals surface area contributed by atoms with E-state index in [0.29, 0.717) is 0 Å². The van der Waals surface area contributed by atoms with Crippen LogP contribution in [0, 0.1) is 0 Å². The lowest BCUT2D eigenvalue weighted by Crippen LogP contribution is -2.26. The Hall–Kier alpha value is -2.21. The lowest BCUT2D eigenvalue weighted by atomic mass is 9.99. The summed E-state index contributed by atoms with van der Waals surface area (Å²) in [5.41, 5.74) is 5.18. The first-order chi connectivity index (χ1) is 12.4. The SMILES string of the molecule is C1=C(CNc2ncnc3c2CCN(Cc2cnc[nH]2)CC3)CCCC1. The third kappa shape index (κ3) is 4.07. The van der Waals surface area contributed by atoms with E-state index in [9.17, 15) is 0 Å². The summed E-state index contributed by atoms with van der Waals surface area (Å²) in [6, 6.07) is 0. The molecule has 132 valence electrons. The van der Waals surface area contributed by atoms with E-state index in [4.69, 9.17) is 0 Å². The highest BCUT2D eigenvalue weighted by Gasteiger charge is 2.19. The van der Waals surface area contributed by atoms with Crippen LogP contribution in [0.3, 0.4) is 0 Å². The largest absolute Gasteiger partial charge is 0.366 e. The van der Waals surface area contributed by atoms with Crippen LogP contribution in [0.2, 0.25) is 0 Å². The van der Waals surface area contributed by atoms with Crippen LogP contribution < -0.4 is 5.32 Å². The molecule has 0 fully saturated rings. The summed E-state index contributed by atoms with van der Waals surface area (Å²) in [7, 11) is 0. The zero-order valence-electron chi connectivity index (χ0n) is 14.7. The lowest BCUT2D eigenvalue weighted by molar-refractivity contribution is 0.276. The standard InChI is InChI=1S/C19H26N6/c1-2-4-15(5-3-1)10-21-19-17-6-8-25(12-16-11-20-13-22-16)9-7-18(17)23-14-24-19/h4,11,13-14H,1-3,5-10,12H2,(H,20,22)(H,21,23,24). The molecule has 0 spiro atoms. The van der Waals surface area contributed by atoms with E-state index < -0.39 is 0 Å². The van der Waals surface area contributed by atoms with Crippen LogP contribution in [0.5, 0.6) is 0 Å². The van der Waals surface area contributed by atoms with Crippen molar-refractivity contribution in [2.45, 2.75) is 45.1 Å². The molecular weight excluding hydrogens is 312 g/mol. The number of hydrogen-bond donors (Lipinski definition) is 2. The second-order valence-electron chi connectivity index (χ2n) is 6.96. The number of hydrogen-bond acceptors (Lipinski definition) is 5. The predicted octanol–water partition coefficient (Wildman–Crippen LogP) is 2.71. The number of nitrogens with zero attached hydrogens (tertiary/aromatic N) is 4. The zero-order chi connectivity index (χ0) is 16.9. The number of aromatic amines is 1. The van der Waals surface area contributed by atoms with Gasteiger partial charge in [0, 0.05) is 50.1 Å². The van der Waals surface area contributed by atoms with Crippen molar-refractivity contribution in [3.63, 3.8) is 0 Å². The van der Waals surface area contributed by atoms with Gasteiger partial charge in [-0.1, -0.05) is 11.6 Å². The Kier molecular flexibility index (Phi) is 5.06. The number of allylic oxidation sites excluding steroid dienone is 1. The highest BCUT2D eigenvalue weighted by molar-refractivity contribution is 5.47. The molecule has 6 heteroatoms. The average molecular weight is 338 g/mol. The number of aromatic nitrogens is 4. The van der Waals surface area contributed by atoms with Crippen molar-refractivity contribution < 1.29 is 0 Å². The van der Waals surface area contributed by atoms with Crippen LogP contribution in [0.15, 0.2) is 30.5 Å². The van der Waals surface area contributed by atoms with Gasteiger partial charge in [0.15, 0.2) is 0 Å². The average Bonchev–Trinajstić information content (AvgIpc) is 3.08. The van der Waals surface area contributed by atoms with Gasteiger partial charge in [-0.3, -0.25) is 4.90 Å². The van der Waals surface area contributed by atoms with Crippen molar-refractivity contribution in [1.29, 1.82) is 0 Å². The molecule has 0 amide bonds. The Labute approximate surface area is 148 Å². The Morgan fingerprint density at radius 1 is 1.12 bits per heavy atom. The molecule has 1 aliphatic carbocycles. The van der Waals surface area contributed by atoms with Gasteiger partial charge >= 0.3 is 0 Å². The van der Waals surface area contributed by atoms with E-state index in [1.54, 1.807) is 12.7 Å². The first-order valence-corrected chi connectivity index (χ1v) is 9.32. The molecule has 25 heavy (non-hydrogen) atoms.